The lowest BCUT2D eigenvalue weighted by Crippen LogP contribution is -2.21. The molecular weight excluding hydrogens is 271 g/mol. The number of halogens is 3. The zero-order valence-corrected chi connectivity index (χ0v) is 11.3. The summed E-state index contributed by atoms with van der Waals surface area (Å²) < 4.78 is 41.8. The molecule has 3 nitrogen and oxygen atoms in total. The highest BCUT2D eigenvalue weighted by Crippen LogP contribution is 2.29. The Labute approximate surface area is 116 Å². The van der Waals surface area contributed by atoms with Crippen LogP contribution in [0.15, 0.2) is 24.3 Å². The first-order valence-electron chi connectivity index (χ1n) is 6.46. The molecule has 0 radical (unpaired) electrons. The summed E-state index contributed by atoms with van der Waals surface area (Å²) in [4.78, 5) is 11.0. The van der Waals surface area contributed by atoms with Gasteiger partial charge in [0, 0.05) is 6.54 Å². The third kappa shape index (κ3) is 6.06. The van der Waals surface area contributed by atoms with Crippen LogP contribution in [0.5, 0.6) is 0 Å². The quantitative estimate of drug-likeness (QED) is 0.619. The van der Waals surface area contributed by atoms with Gasteiger partial charge in [0.25, 0.3) is 0 Å². The molecule has 112 valence electrons. The molecule has 1 rings (SSSR count). The molecule has 0 saturated heterocycles. The van der Waals surface area contributed by atoms with E-state index in [1.807, 2.05) is 0 Å². The second-order valence-corrected chi connectivity index (χ2v) is 4.25. The zero-order valence-electron chi connectivity index (χ0n) is 11.3. The van der Waals surface area contributed by atoms with Crippen LogP contribution in [0, 0.1) is 0 Å². The van der Waals surface area contributed by atoms with Crippen LogP contribution in [0.1, 0.15) is 24.5 Å². The summed E-state index contributed by atoms with van der Waals surface area (Å²) in [6.45, 7) is 3.21. The third-order valence-corrected chi connectivity index (χ3v) is 2.68. The lowest BCUT2D eigenvalue weighted by molar-refractivity contribution is -0.143. The van der Waals surface area contributed by atoms with Crippen LogP contribution in [0.25, 0.3) is 0 Å². The maximum absolute atomic E-state index is 12.4. The molecule has 0 aliphatic carbocycles. The van der Waals surface area contributed by atoms with Crippen molar-refractivity contribution in [1.82, 2.24) is 5.32 Å². The van der Waals surface area contributed by atoms with Crippen molar-refractivity contribution in [2.45, 2.75) is 25.9 Å². The predicted molar refractivity (Wildman–Crippen MR) is 69.3 cm³/mol. The van der Waals surface area contributed by atoms with E-state index >= 15 is 0 Å². The Morgan fingerprint density at radius 3 is 2.40 bits per heavy atom. The summed E-state index contributed by atoms with van der Waals surface area (Å²) in [5.74, 6) is -0.255. The van der Waals surface area contributed by atoms with Crippen LogP contribution in [-0.2, 0) is 22.1 Å². The van der Waals surface area contributed by atoms with E-state index in [0.717, 1.165) is 17.7 Å². The first-order chi connectivity index (χ1) is 9.43. The van der Waals surface area contributed by atoms with Crippen LogP contribution in [0.2, 0.25) is 0 Å². The highest BCUT2D eigenvalue weighted by atomic mass is 19.4. The van der Waals surface area contributed by atoms with Gasteiger partial charge in [0.05, 0.1) is 18.6 Å². The van der Waals surface area contributed by atoms with Crippen molar-refractivity contribution < 1.29 is 22.7 Å². The van der Waals surface area contributed by atoms with Crippen molar-refractivity contribution in [2.75, 3.05) is 19.7 Å². The minimum atomic E-state index is -4.30. The molecule has 0 spiro atoms. The molecule has 20 heavy (non-hydrogen) atoms. The number of carbonyl (C=O) groups is 1. The molecule has 0 unspecified atom stereocenters. The van der Waals surface area contributed by atoms with Gasteiger partial charge in [-0.1, -0.05) is 12.1 Å². The number of esters is 1. The van der Waals surface area contributed by atoms with Gasteiger partial charge in [0.15, 0.2) is 0 Å². The third-order valence-electron chi connectivity index (χ3n) is 2.68. The minimum absolute atomic E-state index is 0.255. The van der Waals surface area contributed by atoms with E-state index in [-0.39, 0.29) is 5.97 Å². The molecule has 0 heterocycles. The highest BCUT2D eigenvalue weighted by molar-refractivity contribution is 5.69. The second-order valence-electron chi connectivity index (χ2n) is 4.25. The number of nitrogens with one attached hydrogen (secondary N) is 1. The largest absolute Gasteiger partial charge is 0.466 e. The SMILES string of the molecule is CCOC(=O)CCNCCc1ccc(C(F)(F)F)cc1. The number of rotatable bonds is 7. The van der Waals surface area contributed by atoms with Crippen molar-refractivity contribution >= 4 is 5.97 Å². The van der Waals surface area contributed by atoms with Gasteiger partial charge in [0.1, 0.15) is 0 Å². The molecule has 0 aliphatic rings. The summed E-state index contributed by atoms with van der Waals surface area (Å²) in [6, 6.07) is 5.09. The van der Waals surface area contributed by atoms with E-state index in [1.54, 1.807) is 6.92 Å². The summed E-state index contributed by atoms with van der Waals surface area (Å²) in [5.41, 5.74) is 0.179. The molecule has 0 aromatic heterocycles. The van der Waals surface area contributed by atoms with Gasteiger partial charge in [-0.25, -0.2) is 0 Å². The van der Waals surface area contributed by atoms with Crippen LogP contribution in [0.3, 0.4) is 0 Å². The van der Waals surface area contributed by atoms with E-state index in [9.17, 15) is 18.0 Å². The molecule has 0 amide bonds. The first kappa shape index (κ1) is 16.5. The predicted octanol–water partition coefficient (Wildman–Crippen LogP) is 2.79. The van der Waals surface area contributed by atoms with Crippen LogP contribution in [-0.4, -0.2) is 25.7 Å². The van der Waals surface area contributed by atoms with Gasteiger partial charge in [-0.15, -0.1) is 0 Å². The Morgan fingerprint density at radius 1 is 1.20 bits per heavy atom. The summed E-state index contributed by atoms with van der Waals surface area (Å²) in [7, 11) is 0. The number of hydrogen-bond acceptors (Lipinski definition) is 3. The summed E-state index contributed by atoms with van der Waals surface area (Å²) in [6.07, 6.45) is -3.39. The first-order valence-corrected chi connectivity index (χ1v) is 6.46. The normalized spacial score (nSPS) is 11.4. The van der Waals surface area contributed by atoms with Crippen molar-refractivity contribution in [3.63, 3.8) is 0 Å². The van der Waals surface area contributed by atoms with Crippen molar-refractivity contribution in [2.24, 2.45) is 0 Å². The van der Waals surface area contributed by atoms with Crippen molar-refractivity contribution in [3.05, 3.63) is 35.4 Å². The average molecular weight is 289 g/mol. The number of ether oxygens (including phenoxy) is 1. The molecule has 1 aromatic rings. The molecule has 0 aliphatic heterocycles. The van der Waals surface area contributed by atoms with Crippen LogP contribution < -0.4 is 5.32 Å². The Bertz CT molecular complexity index is 415. The molecule has 6 heteroatoms. The Hall–Kier alpha value is -1.56. The average Bonchev–Trinajstić information content (AvgIpc) is 2.38. The van der Waals surface area contributed by atoms with E-state index in [0.29, 0.717) is 32.5 Å². The topological polar surface area (TPSA) is 38.3 Å². The van der Waals surface area contributed by atoms with Gasteiger partial charge >= 0.3 is 12.1 Å². The minimum Gasteiger partial charge on any atom is -0.466 e. The molecule has 1 aromatic carbocycles. The van der Waals surface area contributed by atoms with Crippen molar-refractivity contribution in [1.29, 1.82) is 0 Å². The molecule has 1 N–H and O–H groups in total. The fraction of sp³-hybridized carbons (Fsp3) is 0.500. The number of alkyl halides is 3. The van der Waals surface area contributed by atoms with E-state index < -0.39 is 11.7 Å². The Kier molecular flexibility index (Phi) is 6.51. The standard InChI is InChI=1S/C14H18F3NO2/c1-2-20-13(19)8-10-18-9-7-11-3-5-12(6-4-11)14(15,16)17/h3-6,18H,2,7-10H2,1H3. The lowest BCUT2D eigenvalue weighted by Gasteiger charge is -2.08. The van der Waals surface area contributed by atoms with Gasteiger partial charge in [0.2, 0.25) is 0 Å². The van der Waals surface area contributed by atoms with E-state index in [2.05, 4.69) is 5.32 Å². The number of carbonyl (C=O) groups excluding carboxylic acids is 1. The summed E-state index contributed by atoms with van der Waals surface area (Å²) in [5, 5.41) is 3.04. The number of benzene rings is 1. The molecule has 0 fully saturated rings. The lowest BCUT2D eigenvalue weighted by atomic mass is 10.1. The number of hydrogen-bond donors (Lipinski definition) is 1. The van der Waals surface area contributed by atoms with Crippen molar-refractivity contribution in [3.8, 4) is 0 Å². The van der Waals surface area contributed by atoms with Crippen LogP contribution in [0.4, 0.5) is 13.2 Å². The maximum atomic E-state index is 12.4. The highest BCUT2D eigenvalue weighted by Gasteiger charge is 2.29. The molecule has 0 bridgehead atoms. The Morgan fingerprint density at radius 2 is 1.85 bits per heavy atom. The fourth-order valence-corrected chi connectivity index (χ4v) is 1.64. The Balaban J connectivity index is 2.24. The fourth-order valence-electron chi connectivity index (χ4n) is 1.64. The van der Waals surface area contributed by atoms with Gasteiger partial charge in [-0.3, -0.25) is 4.79 Å². The summed E-state index contributed by atoms with van der Waals surface area (Å²) >= 11 is 0. The molecule has 0 saturated carbocycles. The molecular formula is C14H18F3NO2. The van der Waals surface area contributed by atoms with E-state index in [1.165, 1.54) is 12.1 Å². The monoisotopic (exact) mass is 289 g/mol. The maximum Gasteiger partial charge on any atom is 0.416 e. The van der Waals surface area contributed by atoms with E-state index in [4.69, 9.17) is 4.74 Å². The second kappa shape index (κ2) is 7.89. The van der Waals surface area contributed by atoms with Gasteiger partial charge in [-0.05, 0) is 37.6 Å². The zero-order chi connectivity index (χ0) is 15.0. The smallest absolute Gasteiger partial charge is 0.416 e. The van der Waals surface area contributed by atoms with Gasteiger partial charge in [-0.2, -0.15) is 13.2 Å². The van der Waals surface area contributed by atoms with Gasteiger partial charge < -0.3 is 10.1 Å². The molecule has 0 atom stereocenters. The van der Waals surface area contributed by atoms with Crippen LogP contribution >= 0.6 is 0 Å².